The van der Waals surface area contributed by atoms with E-state index in [1.54, 1.807) is 0 Å². The second-order valence-corrected chi connectivity index (χ2v) is 7.12. The molecule has 4 aliphatic carbocycles. The van der Waals surface area contributed by atoms with Crippen LogP contribution in [-0.2, 0) is 14.4 Å². The number of aliphatic carboxylic acids is 3. The minimum Gasteiger partial charge on any atom is -0.481 e. The molecule has 6 heteroatoms. The van der Waals surface area contributed by atoms with Crippen molar-refractivity contribution in [3.8, 4) is 0 Å². The van der Waals surface area contributed by atoms with Crippen molar-refractivity contribution in [1.29, 1.82) is 0 Å². The van der Waals surface area contributed by atoms with Gasteiger partial charge in [-0.05, 0) is 43.9 Å². The van der Waals surface area contributed by atoms with E-state index in [0.29, 0.717) is 12.8 Å². The maximum absolute atomic E-state index is 11.8. The molecule has 0 aromatic heterocycles. The second kappa shape index (κ2) is 3.54. The smallest absolute Gasteiger partial charge is 0.309 e. The first-order valence-corrected chi connectivity index (χ1v) is 6.88. The molecular weight excluding hydrogens is 264 g/mol. The molecule has 4 saturated carbocycles. The molecule has 0 aromatic rings. The fraction of sp³-hybridized carbons (Fsp3) is 0.786. The third kappa shape index (κ3) is 1.32. The van der Waals surface area contributed by atoms with Gasteiger partial charge in [0.15, 0.2) is 0 Å². The van der Waals surface area contributed by atoms with E-state index < -0.39 is 34.2 Å². The van der Waals surface area contributed by atoms with Crippen LogP contribution in [-0.4, -0.2) is 33.2 Å². The minimum atomic E-state index is -1.20. The Bertz CT molecular complexity index is 494. The van der Waals surface area contributed by atoms with E-state index in [1.807, 2.05) is 6.92 Å². The van der Waals surface area contributed by atoms with Gasteiger partial charge in [-0.15, -0.1) is 0 Å². The van der Waals surface area contributed by atoms with Crippen molar-refractivity contribution < 1.29 is 29.7 Å². The van der Waals surface area contributed by atoms with Gasteiger partial charge in [0, 0.05) is 0 Å². The monoisotopic (exact) mass is 282 g/mol. The summed E-state index contributed by atoms with van der Waals surface area (Å²) >= 11 is 0. The van der Waals surface area contributed by atoms with Crippen LogP contribution in [0.25, 0.3) is 0 Å². The normalized spacial score (nSPS) is 49.0. The zero-order chi connectivity index (χ0) is 14.9. The summed E-state index contributed by atoms with van der Waals surface area (Å²) in [7, 11) is 0. The molecule has 0 aliphatic heterocycles. The fourth-order valence-corrected chi connectivity index (χ4v) is 5.36. The highest BCUT2D eigenvalue weighted by molar-refractivity contribution is 5.86. The van der Waals surface area contributed by atoms with Crippen molar-refractivity contribution in [2.45, 2.75) is 39.0 Å². The summed E-state index contributed by atoms with van der Waals surface area (Å²) in [6, 6.07) is 0. The van der Waals surface area contributed by atoms with Gasteiger partial charge >= 0.3 is 17.9 Å². The van der Waals surface area contributed by atoms with Crippen LogP contribution in [0.15, 0.2) is 0 Å². The highest BCUT2D eigenvalue weighted by Gasteiger charge is 2.72. The number of hydrogen-bond acceptors (Lipinski definition) is 3. The molecule has 0 spiro atoms. The highest BCUT2D eigenvalue weighted by Crippen LogP contribution is 2.71. The first-order valence-electron chi connectivity index (χ1n) is 6.88. The van der Waals surface area contributed by atoms with Crippen LogP contribution < -0.4 is 0 Å². The molecule has 6 nitrogen and oxygen atoms in total. The van der Waals surface area contributed by atoms with Gasteiger partial charge in [-0.3, -0.25) is 14.4 Å². The van der Waals surface area contributed by atoms with E-state index in [4.69, 9.17) is 0 Å². The van der Waals surface area contributed by atoms with Crippen molar-refractivity contribution in [3.05, 3.63) is 0 Å². The predicted octanol–water partition coefficient (Wildman–Crippen LogP) is 1.44. The van der Waals surface area contributed by atoms with Crippen LogP contribution >= 0.6 is 0 Å². The van der Waals surface area contributed by atoms with E-state index in [2.05, 4.69) is 0 Å². The summed E-state index contributed by atoms with van der Waals surface area (Å²) in [5.74, 6) is -3.41. The third-order valence-corrected chi connectivity index (χ3v) is 6.20. The molecular formula is C14H18O6. The number of carboxylic acid groups (broad SMARTS) is 3. The van der Waals surface area contributed by atoms with Crippen LogP contribution in [0.1, 0.15) is 39.0 Å². The van der Waals surface area contributed by atoms with Crippen LogP contribution in [0, 0.1) is 28.1 Å². The Balaban J connectivity index is 2.18. The van der Waals surface area contributed by atoms with Gasteiger partial charge in [-0.2, -0.15) is 0 Å². The van der Waals surface area contributed by atoms with E-state index in [-0.39, 0.29) is 31.1 Å². The number of hydrogen-bond donors (Lipinski definition) is 3. The molecule has 4 aliphatic rings. The van der Waals surface area contributed by atoms with Gasteiger partial charge in [-0.25, -0.2) is 0 Å². The van der Waals surface area contributed by atoms with Gasteiger partial charge < -0.3 is 15.3 Å². The molecule has 0 radical (unpaired) electrons. The Morgan fingerprint density at radius 2 is 1.30 bits per heavy atom. The quantitative estimate of drug-likeness (QED) is 0.722. The van der Waals surface area contributed by atoms with E-state index in [9.17, 15) is 29.7 Å². The van der Waals surface area contributed by atoms with Crippen molar-refractivity contribution in [2.24, 2.45) is 28.1 Å². The zero-order valence-electron chi connectivity index (χ0n) is 11.3. The van der Waals surface area contributed by atoms with E-state index in [0.717, 1.165) is 0 Å². The Labute approximate surface area is 115 Å². The van der Waals surface area contributed by atoms with Crippen LogP contribution in [0.5, 0.6) is 0 Å². The first-order chi connectivity index (χ1) is 9.17. The third-order valence-electron chi connectivity index (χ3n) is 6.20. The lowest BCUT2D eigenvalue weighted by Crippen LogP contribution is -2.66. The molecule has 4 rings (SSSR count). The molecule has 3 atom stereocenters. The largest absolute Gasteiger partial charge is 0.481 e. The Kier molecular flexibility index (Phi) is 2.37. The SMILES string of the molecule is CC1C2CC3(C(=O)O)CC(C(=O)O)(C2)CC1(C(=O)O)C3. The molecule has 0 saturated heterocycles. The van der Waals surface area contributed by atoms with Crippen LogP contribution in [0.3, 0.4) is 0 Å². The van der Waals surface area contributed by atoms with Crippen molar-refractivity contribution in [3.63, 3.8) is 0 Å². The summed E-state index contributed by atoms with van der Waals surface area (Å²) in [6.45, 7) is 1.83. The molecule has 0 aromatic carbocycles. The predicted molar refractivity (Wildman–Crippen MR) is 65.9 cm³/mol. The maximum Gasteiger partial charge on any atom is 0.309 e. The topological polar surface area (TPSA) is 112 Å². The molecule has 0 heterocycles. The summed E-state index contributed by atoms with van der Waals surface area (Å²) in [5, 5.41) is 28.8. The van der Waals surface area contributed by atoms with Gasteiger partial charge in [0.05, 0.1) is 16.2 Å². The number of carboxylic acids is 3. The Hall–Kier alpha value is -1.59. The van der Waals surface area contributed by atoms with Gasteiger partial charge in [0.1, 0.15) is 0 Å². The Morgan fingerprint density at radius 1 is 0.850 bits per heavy atom. The minimum absolute atomic E-state index is 0.0668. The van der Waals surface area contributed by atoms with Crippen molar-refractivity contribution in [2.75, 3.05) is 0 Å². The molecule has 4 fully saturated rings. The lowest BCUT2D eigenvalue weighted by atomic mass is 9.36. The summed E-state index contributed by atoms with van der Waals surface area (Å²) < 4.78 is 0. The second-order valence-electron chi connectivity index (χ2n) is 7.12. The summed E-state index contributed by atoms with van der Waals surface area (Å²) in [6.07, 6.45) is 1.03. The Morgan fingerprint density at radius 3 is 1.65 bits per heavy atom. The molecule has 3 N–H and O–H groups in total. The molecule has 4 bridgehead atoms. The highest BCUT2D eigenvalue weighted by atomic mass is 16.4. The lowest BCUT2D eigenvalue weighted by molar-refractivity contribution is -0.222. The van der Waals surface area contributed by atoms with Crippen molar-refractivity contribution >= 4 is 17.9 Å². The van der Waals surface area contributed by atoms with Crippen LogP contribution in [0.4, 0.5) is 0 Å². The maximum atomic E-state index is 11.8. The molecule has 110 valence electrons. The van der Waals surface area contributed by atoms with Gasteiger partial charge in [0.2, 0.25) is 0 Å². The number of rotatable bonds is 3. The standard InChI is InChI=1S/C14H18O6/c1-7-8-2-12(9(15)16)4-13(3-8,10(17)18)6-14(7,5-12)11(19)20/h7-8H,2-6H2,1H3,(H,15,16)(H,17,18)(H,19,20). The summed E-state index contributed by atoms with van der Waals surface area (Å²) in [5.41, 5.74) is -3.55. The van der Waals surface area contributed by atoms with Crippen molar-refractivity contribution in [1.82, 2.24) is 0 Å². The first kappa shape index (κ1) is 13.4. The average Bonchev–Trinajstić information content (AvgIpc) is 2.34. The molecule has 3 unspecified atom stereocenters. The van der Waals surface area contributed by atoms with E-state index >= 15 is 0 Å². The molecule has 20 heavy (non-hydrogen) atoms. The van der Waals surface area contributed by atoms with Crippen LogP contribution in [0.2, 0.25) is 0 Å². The number of carbonyl (C=O) groups is 3. The van der Waals surface area contributed by atoms with Gasteiger partial charge in [0.25, 0.3) is 0 Å². The summed E-state index contributed by atoms with van der Waals surface area (Å²) in [4.78, 5) is 35.2. The fourth-order valence-electron chi connectivity index (χ4n) is 5.36. The lowest BCUT2D eigenvalue weighted by Gasteiger charge is -2.64. The van der Waals surface area contributed by atoms with E-state index in [1.165, 1.54) is 0 Å². The molecule has 0 amide bonds. The average molecular weight is 282 g/mol. The van der Waals surface area contributed by atoms with Gasteiger partial charge in [-0.1, -0.05) is 6.92 Å². The zero-order valence-corrected chi connectivity index (χ0v) is 11.3.